The average molecular weight is 192 g/mol. The Morgan fingerprint density at radius 3 is 3.21 bits per heavy atom. The van der Waals surface area contributed by atoms with Gasteiger partial charge in [0.2, 0.25) is 0 Å². The zero-order chi connectivity index (χ0) is 9.64. The molecule has 0 aliphatic carbocycles. The summed E-state index contributed by atoms with van der Waals surface area (Å²) in [5.74, 6) is 0. The van der Waals surface area contributed by atoms with E-state index in [0.717, 1.165) is 25.3 Å². The minimum atomic E-state index is 0.645. The molecule has 14 heavy (non-hydrogen) atoms. The van der Waals surface area contributed by atoms with E-state index in [0.29, 0.717) is 6.04 Å². The molecular weight excluding hydrogens is 176 g/mol. The molecule has 1 saturated heterocycles. The Balaban J connectivity index is 1.67. The second-order valence-electron chi connectivity index (χ2n) is 3.62. The standard InChI is InChI=1S/C10H16N4/c1-2-9(13-3-1)6-12-8-10-7-11-4-5-14-10/h4-5,7,9,12-13H,1-3,6,8H2. The predicted octanol–water partition coefficient (Wildman–Crippen LogP) is 0.318. The first-order valence-electron chi connectivity index (χ1n) is 5.14. The SMILES string of the molecule is c1cnc(CNCC2CCCN2)cn1. The molecule has 2 heterocycles. The number of aromatic nitrogens is 2. The number of nitrogens with zero attached hydrogens (tertiary/aromatic N) is 2. The van der Waals surface area contributed by atoms with Gasteiger partial charge >= 0.3 is 0 Å². The summed E-state index contributed by atoms with van der Waals surface area (Å²) in [5, 5.41) is 6.82. The molecule has 0 aromatic carbocycles. The first-order chi connectivity index (χ1) is 6.95. The summed E-state index contributed by atoms with van der Waals surface area (Å²) in [4.78, 5) is 8.21. The molecular formula is C10H16N4. The molecule has 0 saturated carbocycles. The lowest BCUT2D eigenvalue weighted by Crippen LogP contribution is -2.33. The first kappa shape index (κ1) is 9.55. The number of rotatable bonds is 4. The maximum Gasteiger partial charge on any atom is 0.0724 e. The van der Waals surface area contributed by atoms with Crippen LogP contribution >= 0.6 is 0 Å². The Morgan fingerprint density at radius 2 is 2.50 bits per heavy atom. The van der Waals surface area contributed by atoms with Crippen LogP contribution in [0.2, 0.25) is 0 Å². The fourth-order valence-corrected chi connectivity index (χ4v) is 1.73. The van der Waals surface area contributed by atoms with Crippen molar-refractivity contribution in [2.24, 2.45) is 0 Å². The van der Waals surface area contributed by atoms with E-state index in [9.17, 15) is 0 Å². The van der Waals surface area contributed by atoms with E-state index in [4.69, 9.17) is 0 Å². The molecule has 76 valence electrons. The van der Waals surface area contributed by atoms with E-state index in [1.807, 2.05) is 0 Å². The minimum Gasteiger partial charge on any atom is -0.313 e. The molecule has 0 radical (unpaired) electrons. The van der Waals surface area contributed by atoms with Crippen LogP contribution in [0.4, 0.5) is 0 Å². The number of hydrogen-bond acceptors (Lipinski definition) is 4. The summed E-state index contributed by atoms with van der Waals surface area (Å²) in [6.45, 7) is 3.00. The Morgan fingerprint density at radius 1 is 1.50 bits per heavy atom. The van der Waals surface area contributed by atoms with Crippen molar-refractivity contribution in [3.05, 3.63) is 24.3 Å². The van der Waals surface area contributed by atoms with E-state index in [2.05, 4.69) is 20.6 Å². The molecule has 1 aromatic heterocycles. The van der Waals surface area contributed by atoms with Gasteiger partial charge in [0.1, 0.15) is 0 Å². The van der Waals surface area contributed by atoms with Gasteiger partial charge in [-0.25, -0.2) is 0 Å². The lowest BCUT2D eigenvalue weighted by Gasteiger charge is -2.10. The molecule has 0 spiro atoms. The van der Waals surface area contributed by atoms with Crippen LogP contribution in [0.3, 0.4) is 0 Å². The van der Waals surface area contributed by atoms with Gasteiger partial charge < -0.3 is 10.6 Å². The summed E-state index contributed by atoms with van der Waals surface area (Å²) in [6.07, 6.45) is 7.81. The Labute approximate surface area is 84.2 Å². The monoisotopic (exact) mass is 192 g/mol. The van der Waals surface area contributed by atoms with Crippen LogP contribution in [0.1, 0.15) is 18.5 Å². The van der Waals surface area contributed by atoms with Gasteiger partial charge in [-0.2, -0.15) is 0 Å². The van der Waals surface area contributed by atoms with E-state index in [-0.39, 0.29) is 0 Å². The van der Waals surface area contributed by atoms with Crippen LogP contribution in [-0.4, -0.2) is 29.1 Å². The van der Waals surface area contributed by atoms with Crippen LogP contribution in [0.5, 0.6) is 0 Å². The van der Waals surface area contributed by atoms with Gasteiger partial charge in [-0.15, -0.1) is 0 Å². The summed E-state index contributed by atoms with van der Waals surface area (Å²) in [5.41, 5.74) is 1.01. The third kappa shape index (κ3) is 2.75. The molecule has 1 aliphatic heterocycles. The van der Waals surface area contributed by atoms with Gasteiger partial charge in [-0.05, 0) is 19.4 Å². The molecule has 1 aliphatic rings. The maximum atomic E-state index is 4.20. The fraction of sp³-hybridized carbons (Fsp3) is 0.600. The Bertz CT molecular complexity index is 256. The van der Waals surface area contributed by atoms with Crippen molar-refractivity contribution in [1.29, 1.82) is 0 Å². The highest BCUT2D eigenvalue weighted by Gasteiger charge is 2.12. The Kier molecular flexibility index (Phi) is 3.43. The van der Waals surface area contributed by atoms with Gasteiger partial charge in [-0.1, -0.05) is 0 Å². The lowest BCUT2D eigenvalue weighted by atomic mass is 10.2. The zero-order valence-corrected chi connectivity index (χ0v) is 8.24. The predicted molar refractivity (Wildman–Crippen MR) is 54.8 cm³/mol. The Hall–Kier alpha value is -1.00. The van der Waals surface area contributed by atoms with Crippen molar-refractivity contribution in [1.82, 2.24) is 20.6 Å². The minimum absolute atomic E-state index is 0.645. The molecule has 2 N–H and O–H groups in total. The van der Waals surface area contributed by atoms with Crippen molar-refractivity contribution in [3.8, 4) is 0 Å². The molecule has 0 amide bonds. The molecule has 1 fully saturated rings. The second kappa shape index (κ2) is 5.02. The third-order valence-corrected chi connectivity index (χ3v) is 2.48. The van der Waals surface area contributed by atoms with Gasteiger partial charge in [0.05, 0.1) is 5.69 Å². The van der Waals surface area contributed by atoms with Crippen LogP contribution in [0.25, 0.3) is 0 Å². The largest absolute Gasteiger partial charge is 0.313 e. The van der Waals surface area contributed by atoms with E-state index >= 15 is 0 Å². The topological polar surface area (TPSA) is 49.8 Å². The van der Waals surface area contributed by atoms with Crippen molar-refractivity contribution in [2.75, 3.05) is 13.1 Å². The normalized spacial score (nSPS) is 21.3. The van der Waals surface area contributed by atoms with Gasteiger partial charge in [-0.3, -0.25) is 9.97 Å². The van der Waals surface area contributed by atoms with Gasteiger partial charge in [0.15, 0.2) is 0 Å². The summed E-state index contributed by atoms with van der Waals surface area (Å²) in [6, 6.07) is 0.645. The van der Waals surface area contributed by atoms with Crippen molar-refractivity contribution < 1.29 is 0 Å². The fourth-order valence-electron chi connectivity index (χ4n) is 1.73. The van der Waals surface area contributed by atoms with Crippen molar-refractivity contribution in [2.45, 2.75) is 25.4 Å². The van der Waals surface area contributed by atoms with E-state index in [1.54, 1.807) is 18.6 Å². The third-order valence-electron chi connectivity index (χ3n) is 2.48. The van der Waals surface area contributed by atoms with Crippen LogP contribution in [0.15, 0.2) is 18.6 Å². The highest BCUT2D eigenvalue weighted by molar-refractivity contribution is 4.94. The molecule has 4 heteroatoms. The quantitative estimate of drug-likeness (QED) is 0.721. The van der Waals surface area contributed by atoms with Crippen molar-refractivity contribution >= 4 is 0 Å². The molecule has 0 bridgehead atoms. The highest BCUT2D eigenvalue weighted by Crippen LogP contribution is 2.03. The summed E-state index contributed by atoms with van der Waals surface area (Å²) < 4.78 is 0. The average Bonchev–Trinajstić information content (AvgIpc) is 2.72. The number of nitrogens with one attached hydrogen (secondary N) is 2. The molecule has 1 atom stereocenters. The molecule has 4 nitrogen and oxygen atoms in total. The van der Waals surface area contributed by atoms with Crippen LogP contribution < -0.4 is 10.6 Å². The number of hydrogen-bond donors (Lipinski definition) is 2. The molecule has 1 unspecified atom stereocenters. The molecule has 2 rings (SSSR count). The van der Waals surface area contributed by atoms with Gasteiger partial charge in [0, 0.05) is 37.7 Å². The first-order valence-corrected chi connectivity index (χ1v) is 5.14. The highest BCUT2D eigenvalue weighted by atomic mass is 15.0. The van der Waals surface area contributed by atoms with Gasteiger partial charge in [0.25, 0.3) is 0 Å². The summed E-state index contributed by atoms with van der Waals surface area (Å²) in [7, 11) is 0. The van der Waals surface area contributed by atoms with Crippen LogP contribution in [0, 0.1) is 0 Å². The zero-order valence-electron chi connectivity index (χ0n) is 8.24. The molecule has 1 aromatic rings. The van der Waals surface area contributed by atoms with E-state index < -0.39 is 0 Å². The van der Waals surface area contributed by atoms with Crippen LogP contribution in [-0.2, 0) is 6.54 Å². The maximum absolute atomic E-state index is 4.20. The van der Waals surface area contributed by atoms with Crippen molar-refractivity contribution in [3.63, 3.8) is 0 Å². The summed E-state index contributed by atoms with van der Waals surface area (Å²) >= 11 is 0. The second-order valence-corrected chi connectivity index (χ2v) is 3.62. The smallest absolute Gasteiger partial charge is 0.0724 e. The van der Waals surface area contributed by atoms with E-state index in [1.165, 1.54) is 12.8 Å². The lowest BCUT2D eigenvalue weighted by molar-refractivity contribution is 0.532.